The van der Waals surface area contributed by atoms with Crippen molar-refractivity contribution in [3.05, 3.63) is 58.6 Å². The van der Waals surface area contributed by atoms with Gasteiger partial charge in [0.05, 0.1) is 5.56 Å². The summed E-state index contributed by atoms with van der Waals surface area (Å²) < 4.78 is 0. The van der Waals surface area contributed by atoms with Crippen LogP contribution in [0.25, 0.3) is 0 Å². The van der Waals surface area contributed by atoms with E-state index in [1.807, 2.05) is 24.3 Å². The molecule has 0 atom stereocenters. The van der Waals surface area contributed by atoms with Gasteiger partial charge in [0.25, 0.3) is 5.91 Å². The van der Waals surface area contributed by atoms with Gasteiger partial charge in [0.15, 0.2) is 0 Å². The number of nitrogen functional groups attached to an aromatic ring is 1. The van der Waals surface area contributed by atoms with Crippen LogP contribution in [-0.2, 0) is 6.42 Å². The molecule has 0 fully saturated rings. The van der Waals surface area contributed by atoms with Gasteiger partial charge in [-0.3, -0.25) is 4.79 Å². The summed E-state index contributed by atoms with van der Waals surface area (Å²) in [6.45, 7) is 2.07. The van der Waals surface area contributed by atoms with Crippen molar-refractivity contribution in [2.75, 3.05) is 11.1 Å². The molecule has 2 aromatic rings. The summed E-state index contributed by atoms with van der Waals surface area (Å²) in [5, 5.41) is 3.31. The Morgan fingerprint density at radius 3 is 2.79 bits per heavy atom. The van der Waals surface area contributed by atoms with Crippen molar-refractivity contribution >= 4 is 28.9 Å². The molecule has 19 heavy (non-hydrogen) atoms. The molecular formula is C15H15ClN2O. The summed E-state index contributed by atoms with van der Waals surface area (Å²) in [6, 6.07) is 12.6. The first kappa shape index (κ1) is 13.4. The van der Waals surface area contributed by atoms with Crippen molar-refractivity contribution in [1.82, 2.24) is 0 Å². The molecule has 2 rings (SSSR count). The molecule has 0 aliphatic rings. The van der Waals surface area contributed by atoms with Crippen LogP contribution in [0.5, 0.6) is 0 Å². The van der Waals surface area contributed by atoms with Crippen LogP contribution in [0.15, 0.2) is 42.5 Å². The van der Waals surface area contributed by atoms with Gasteiger partial charge in [-0.05, 0) is 42.3 Å². The molecule has 3 nitrogen and oxygen atoms in total. The van der Waals surface area contributed by atoms with Crippen molar-refractivity contribution in [2.24, 2.45) is 0 Å². The van der Waals surface area contributed by atoms with E-state index in [-0.39, 0.29) is 5.91 Å². The van der Waals surface area contributed by atoms with Crippen LogP contribution >= 0.6 is 11.6 Å². The van der Waals surface area contributed by atoms with E-state index in [4.69, 9.17) is 17.3 Å². The Morgan fingerprint density at radius 2 is 2.05 bits per heavy atom. The molecule has 0 heterocycles. The number of hydrogen-bond donors (Lipinski definition) is 2. The van der Waals surface area contributed by atoms with Gasteiger partial charge in [0.1, 0.15) is 0 Å². The normalized spacial score (nSPS) is 10.2. The molecule has 0 radical (unpaired) electrons. The zero-order chi connectivity index (χ0) is 13.8. The number of rotatable bonds is 3. The highest BCUT2D eigenvalue weighted by Crippen LogP contribution is 2.20. The number of carbonyl (C=O) groups excluding carboxylic acids is 1. The van der Waals surface area contributed by atoms with Gasteiger partial charge < -0.3 is 11.1 Å². The van der Waals surface area contributed by atoms with Crippen LogP contribution in [0, 0.1) is 0 Å². The molecule has 1 amide bonds. The van der Waals surface area contributed by atoms with Gasteiger partial charge in [-0.25, -0.2) is 0 Å². The molecule has 0 aromatic heterocycles. The summed E-state index contributed by atoms with van der Waals surface area (Å²) >= 11 is 5.88. The lowest BCUT2D eigenvalue weighted by molar-refractivity contribution is 0.102. The second kappa shape index (κ2) is 5.76. The summed E-state index contributed by atoms with van der Waals surface area (Å²) in [5.41, 5.74) is 8.49. The molecule has 0 saturated carbocycles. The van der Waals surface area contributed by atoms with Gasteiger partial charge in [0.2, 0.25) is 0 Å². The predicted octanol–water partition coefficient (Wildman–Crippen LogP) is 3.74. The van der Waals surface area contributed by atoms with Gasteiger partial charge in [-0.2, -0.15) is 0 Å². The largest absolute Gasteiger partial charge is 0.398 e. The van der Waals surface area contributed by atoms with Crippen LogP contribution in [-0.4, -0.2) is 5.91 Å². The number of aryl methyl sites for hydroxylation is 1. The van der Waals surface area contributed by atoms with E-state index < -0.39 is 0 Å². The lowest BCUT2D eigenvalue weighted by Gasteiger charge is -2.09. The number of benzene rings is 2. The molecule has 0 aliphatic carbocycles. The Morgan fingerprint density at radius 1 is 1.26 bits per heavy atom. The molecule has 2 aromatic carbocycles. The second-order valence-corrected chi connectivity index (χ2v) is 4.68. The van der Waals surface area contributed by atoms with Crippen LogP contribution in [0.3, 0.4) is 0 Å². The van der Waals surface area contributed by atoms with E-state index in [0.717, 1.165) is 17.7 Å². The summed E-state index contributed by atoms with van der Waals surface area (Å²) in [4.78, 5) is 12.1. The molecule has 3 N–H and O–H groups in total. The Kier molecular flexibility index (Phi) is 4.07. The summed E-state index contributed by atoms with van der Waals surface area (Å²) in [7, 11) is 0. The Labute approximate surface area is 117 Å². The highest BCUT2D eigenvalue weighted by molar-refractivity contribution is 6.31. The van der Waals surface area contributed by atoms with Crippen LogP contribution in [0.2, 0.25) is 5.02 Å². The van der Waals surface area contributed by atoms with E-state index in [1.54, 1.807) is 18.2 Å². The molecule has 0 spiro atoms. The fourth-order valence-corrected chi connectivity index (χ4v) is 1.96. The maximum Gasteiger partial charge on any atom is 0.257 e. The molecule has 0 aliphatic heterocycles. The lowest BCUT2D eigenvalue weighted by atomic mass is 10.1. The standard InChI is InChI=1S/C15H15ClN2O/c1-2-10-4-3-5-12(8-10)18-15(19)13-9-11(16)6-7-14(13)17/h3-9H,2,17H2,1H3,(H,18,19). The van der Waals surface area contributed by atoms with Gasteiger partial charge in [-0.1, -0.05) is 30.7 Å². The number of nitrogens with one attached hydrogen (secondary N) is 1. The summed E-state index contributed by atoms with van der Waals surface area (Å²) in [6.07, 6.45) is 0.920. The first-order valence-corrected chi connectivity index (χ1v) is 6.43. The van der Waals surface area contributed by atoms with E-state index in [9.17, 15) is 4.79 Å². The van der Waals surface area contributed by atoms with Crippen molar-refractivity contribution in [1.29, 1.82) is 0 Å². The SMILES string of the molecule is CCc1cccc(NC(=O)c2cc(Cl)ccc2N)c1. The molecular weight excluding hydrogens is 260 g/mol. The van der Waals surface area contributed by atoms with Gasteiger partial charge >= 0.3 is 0 Å². The second-order valence-electron chi connectivity index (χ2n) is 4.24. The van der Waals surface area contributed by atoms with Crippen LogP contribution < -0.4 is 11.1 Å². The fraction of sp³-hybridized carbons (Fsp3) is 0.133. The number of anilines is 2. The summed E-state index contributed by atoms with van der Waals surface area (Å²) in [5.74, 6) is -0.256. The number of hydrogen-bond acceptors (Lipinski definition) is 2. The number of nitrogens with two attached hydrogens (primary N) is 1. The minimum Gasteiger partial charge on any atom is -0.398 e. The van der Waals surface area contributed by atoms with E-state index >= 15 is 0 Å². The Bertz CT molecular complexity index is 611. The first-order chi connectivity index (χ1) is 9.10. The van der Waals surface area contributed by atoms with Crippen molar-refractivity contribution < 1.29 is 4.79 Å². The molecule has 0 bridgehead atoms. The quantitative estimate of drug-likeness (QED) is 0.838. The average molecular weight is 275 g/mol. The van der Waals surface area contributed by atoms with E-state index in [0.29, 0.717) is 16.3 Å². The van der Waals surface area contributed by atoms with Crippen LogP contribution in [0.4, 0.5) is 11.4 Å². The van der Waals surface area contributed by atoms with E-state index in [2.05, 4.69) is 12.2 Å². The molecule has 4 heteroatoms. The third-order valence-electron chi connectivity index (χ3n) is 2.85. The number of carbonyl (C=O) groups is 1. The molecule has 0 saturated heterocycles. The fourth-order valence-electron chi connectivity index (χ4n) is 1.79. The average Bonchev–Trinajstić information content (AvgIpc) is 2.41. The first-order valence-electron chi connectivity index (χ1n) is 6.05. The monoisotopic (exact) mass is 274 g/mol. The molecule has 98 valence electrons. The zero-order valence-corrected chi connectivity index (χ0v) is 11.4. The Balaban J connectivity index is 2.23. The Hall–Kier alpha value is -2.00. The third-order valence-corrected chi connectivity index (χ3v) is 3.09. The van der Waals surface area contributed by atoms with Gasteiger partial charge in [0, 0.05) is 16.4 Å². The minimum atomic E-state index is -0.256. The highest BCUT2D eigenvalue weighted by Gasteiger charge is 2.10. The van der Waals surface area contributed by atoms with Crippen molar-refractivity contribution in [2.45, 2.75) is 13.3 Å². The van der Waals surface area contributed by atoms with Gasteiger partial charge in [-0.15, -0.1) is 0 Å². The molecule has 0 unspecified atom stereocenters. The zero-order valence-electron chi connectivity index (χ0n) is 10.6. The topological polar surface area (TPSA) is 55.1 Å². The predicted molar refractivity (Wildman–Crippen MR) is 79.6 cm³/mol. The highest BCUT2D eigenvalue weighted by atomic mass is 35.5. The van der Waals surface area contributed by atoms with Crippen molar-refractivity contribution in [3.8, 4) is 0 Å². The number of amides is 1. The van der Waals surface area contributed by atoms with Crippen LogP contribution in [0.1, 0.15) is 22.8 Å². The minimum absolute atomic E-state index is 0.256. The maximum atomic E-state index is 12.1. The van der Waals surface area contributed by atoms with Crippen molar-refractivity contribution in [3.63, 3.8) is 0 Å². The smallest absolute Gasteiger partial charge is 0.257 e. The maximum absolute atomic E-state index is 12.1. The number of halogens is 1. The third kappa shape index (κ3) is 3.26. The lowest BCUT2D eigenvalue weighted by Crippen LogP contribution is -2.14. The van der Waals surface area contributed by atoms with E-state index in [1.165, 1.54) is 0 Å².